The van der Waals surface area contributed by atoms with Crippen molar-refractivity contribution in [3.8, 4) is 0 Å². The van der Waals surface area contributed by atoms with E-state index >= 15 is 0 Å². The van der Waals surface area contributed by atoms with E-state index in [2.05, 4.69) is 0 Å². The van der Waals surface area contributed by atoms with Gasteiger partial charge in [0.05, 0.1) is 0 Å². The summed E-state index contributed by atoms with van der Waals surface area (Å²) >= 11 is 0. The number of aliphatic hydroxyl groups is 1. The Balaban J connectivity index is 1.95. The Labute approximate surface area is 87.1 Å². The Morgan fingerprint density at radius 3 is 2.13 bits per heavy atom. The maximum absolute atomic E-state index is 12.2. The lowest BCUT2D eigenvalue weighted by atomic mass is 10.0. The van der Waals surface area contributed by atoms with Crippen molar-refractivity contribution in [3.05, 3.63) is 0 Å². The van der Waals surface area contributed by atoms with Crippen LogP contribution in [0, 0.1) is 0 Å². The Kier molecular flexibility index (Phi) is 2.94. The Bertz CT molecular complexity index is 215. The molecule has 0 aliphatic carbocycles. The summed E-state index contributed by atoms with van der Waals surface area (Å²) in [6, 6.07) is 0.557. The molecule has 2 saturated heterocycles. The first-order valence-corrected chi connectivity index (χ1v) is 5.49. The molecule has 0 spiro atoms. The maximum Gasteiger partial charge on any atom is 0.415 e. The van der Waals surface area contributed by atoms with E-state index in [-0.39, 0.29) is 18.6 Å². The summed E-state index contributed by atoms with van der Waals surface area (Å²) in [6.07, 6.45) is -1.57. The summed E-state index contributed by atoms with van der Waals surface area (Å²) in [7, 11) is 0. The minimum atomic E-state index is -4.48. The number of rotatable bonds is 2. The molecule has 0 saturated carbocycles. The van der Waals surface area contributed by atoms with Gasteiger partial charge in [-0.05, 0) is 25.7 Å². The zero-order valence-electron chi connectivity index (χ0n) is 8.50. The van der Waals surface area contributed by atoms with Crippen molar-refractivity contribution in [3.63, 3.8) is 0 Å². The van der Waals surface area contributed by atoms with Gasteiger partial charge >= 0.3 is 6.18 Å². The molecule has 0 aromatic heterocycles. The first-order valence-electron chi connectivity index (χ1n) is 5.49. The van der Waals surface area contributed by atoms with E-state index in [9.17, 15) is 13.2 Å². The maximum atomic E-state index is 12.2. The number of hydrogen-bond acceptors (Lipinski definition) is 2. The minimum absolute atomic E-state index is 0.237. The molecule has 0 amide bonds. The molecule has 2 bridgehead atoms. The van der Waals surface area contributed by atoms with Crippen LogP contribution in [-0.4, -0.2) is 40.9 Å². The van der Waals surface area contributed by atoms with Crippen LogP contribution in [0.2, 0.25) is 0 Å². The molecule has 2 fully saturated rings. The van der Waals surface area contributed by atoms with Gasteiger partial charge in [-0.3, -0.25) is 4.90 Å². The highest BCUT2D eigenvalue weighted by molar-refractivity contribution is 4.93. The quantitative estimate of drug-likeness (QED) is 0.773. The van der Waals surface area contributed by atoms with E-state index in [1.54, 1.807) is 0 Å². The molecular formula is C10H16F3NO. The highest BCUT2D eigenvalue weighted by Crippen LogP contribution is 2.36. The van der Waals surface area contributed by atoms with Crippen LogP contribution >= 0.6 is 0 Å². The van der Waals surface area contributed by atoms with Gasteiger partial charge in [0.25, 0.3) is 0 Å². The summed E-state index contributed by atoms with van der Waals surface area (Å²) in [5, 5.41) is 9.03. The van der Waals surface area contributed by atoms with Gasteiger partial charge in [-0.15, -0.1) is 0 Å². The van der Waals surface area contributed by atoms with Crippen LogP contribution in [0.3, 0.4) is 0 Å². The zero-order chi connectivity index (χ0) is 11.1. The molecule has 0 aromatic rings. The van der Waals surface area contributed by atoms with Gasteiger partial charge in [-0.2, -0.15) is 13.2 Å². The molecule has 1 N–H and O–H groups in total. The van der Waals surface area contributed by atoms with Crippen LogP contribution in [0.1, 0.15) is 32.1 Å². The lowest BCUT2D eigenvalue weighted by Gasteiger charge is -2.36. The van der Waals surface area contributed by atoms with E-state index in [0.29, 0.717) is 0 Å². The molecule has 15 heavy (non-hydrogen) atoms. The van der Waals surface area contributed by atoms with Crippen molar-refractivity contribution in [2.24, 2.45) is 0 Å². The molecular weight excluding hydrogens is 207 g/mol. The molecule has 3 unspecified atom stereocenters. The topological polar surface area (TPSA) is 23.5 Å². The summed E-state index contributed by atoms with van der Waals surface area (Å²) in [5.74, 6) is 0. The van der Waals surface area contributed by atoms with Gasteiger partial charge in [-0.1, -0.05) is 6.42 Å². The number of nitrogens with zero attached hydrogens (tertiary/aromatic N) is 1. The molecule has 2 nitrogen and oxygen atoms in total. The average Bonchev–Trinajstić information content (AvgIpc) is 2.38. The number of hydrogen-bond donors (Lipinski definition) is 1. The van der Waals surface area contributed by atoms with Gasteiger partial charge in [0.15, 0.2) is 6.10 Å². The Morgan fingerprint density at radius 2 is 1.67 bits per heavy atom. The van der Waals surface area contributed by atoms with E-state index in [1.807, 2.05) is 4.90 Å². The molecule has 0 radical (unpaired) electrons. The second kappa shape index (κ2) is 3.94. The van der Waals surface area contributed by atoms with Gasteiger partial charge in [0.2, 0.25) is 0 Å². The SMILES string of the molecule is OC(CN1C2CCCC1CC2)C(F)(F)F. The fraction of sp³-hybridized carbons (Fsp3) is 1.00. The van der Waals surface area contributed by atoms with Crippen molar-refractivity contribution in [1.29, 1.82) is 0 Å². The molecule has 2 aliphatic rings. The van der Waals surface area contributed by atoms with E-state index < -0.39 is 12.3 Å². The predicted molar refractivity (Wildman–Crippen MR) is 49.4 cm³/mol. The van der Waals surface area contributed by atoms with Crippen molar-refractivity contribution >= 4 is 0 Å². The Morgan fingerprint density at radius 1 is 1.13 bits per heavy atom. The first-order chi connectivity index (χ1) is 6.98. The standard InChI is InChI=1S/C10H16F3NO/c11-10(12,13)9(15)6-14-7-2-1-3-8(14)5-4-7/h7-9,15H,1-6H2. The molecule has 3 atom stereocenters. The third-order valence-electron chi connectivity index (χ3n) is 3.61. The van der Waals surface area contributed by atoms with Gasteiger partial charge in [-0.25, -0.2) is 0 Å². The van der Waals surface area contributed by atoms with Crippen LogP contribution in [0.15, 0.2) is 0 Å². The second-order valence-corrected chi connectivity index (χ2v) is 4.57. The molecule has 0 aromatic carbocycles. The molecule has 5 heteroatoms. The van der Waals surface area contributed by atoms with Crippen LogP contribution in [-0.2, 0) is 0 Å². The molecule has 2 rings (SSSR count). The van der Waals surface area contributed by atoms with E-state index in [1.165, 1.54) is 0 Å². The van der Waals surface area contributed by atoms with Crippen LogP contribution in [0.5, 0.6) is 0 Å². The largest absolute Gasteiger partial charge is 0.415 e. The summed E-state index contributed by atoms with van der Waals surface area (Å²) in [6.45, 7) is -0.237. The smallest absolute Gasteiger partial charge is 0.382 e. The first kappa shape index (κ1) is 11.2. The number of piperidine rings is 1. The number of aliphatic hydroxyl groups excluding tert-OH is 1. The fourth-order valence-corrected chi connectivity index (χ4v) is 2.83. The van der Waals surface area contributed by atoms with Gasteiger partial charge < -0.3 is 5.11 Å². The lowest BCUT2D eigenvalue weighted by molar-refractivity contribution is -0.210. The van der Waals surface area contributed by atoms with E-state index in [4.69, 9.17) is 5.11 Å². The molecule has 2 aliphatic heterocycles. The number of fused-ring (bicyclic) bond motifs is 2. The second-order valence-electron chi connectivity index (χ2n) is 4.57. The molecule has 88 valence electrons. The summed E-state index contributed by atoms with van der Waals surface area (Å²) < 4.78 is 36.6. The lowest BCUT2D eigenvalue weighted by Crippen LogP contribution is -2.47. The van der Waals surface area contributed by atoms with Crippen LogP contribution in [0.4, 0.5) is 13.2 Å². The Hall–Kier alpha value is -0.290. The normalized spacial score (nSPS) is 34.4. The monoisotopic (exact) mass is 223 g/mol. The highest BCUT2D eigenvalue weighted by Gasteiger charge is 2.44. The fourth-order valence-electron chi connectivity index (χ4n) is 2.83. The van der Waals surface area contributed by atoms with Crippen LogP contribution < -0.4 is 0 Å². The van der Waals surface area contributed by atoms with Crippen molar-refractivity contribution in [2.75, 3.05) is 6.54 Å². The van der Waals surface area contributed by atoms with E-state index in [0.717, 1.165) is 32.1 Å². The number of halogens is 3. The average molecular weight is 223 g/mol. The minimum Gasteiger partial charge on any atom is -0.382 e. The number of alkyl halides is 3. The third kappa shape index (κ3) is 2.28. The van der Waals surface area contributed by atoms with Crippen LogP contribution in [0.25, 0.3) is 0 Å². The third-order valence-corrected chi connectivity index (χ3v) is 3.61. The summed E-state index contributed by atoms with van der Waals surface area (Å²) in [4.78, 5) is 1.86. The van der Waals surface area contributed by atoms with Crippen molar-refractivity contribution < 1.29 is 18.3 Å². The van der Waals surface area contributed by atoms with Gasteiger partial charge in [0.1, 0.15) is 0 Å². The predicted octanol–water partition coefficient (Wildman–Crippen LogP) is 1.93. The van der Waals surface area contributed by atoms with Crippen molar-refractivity contribution in [1.82, 2.24) is 4.90 Å². The highest BCUT2D eigenvalue weighted by atomic mass is 19.4. The van der Waals surface area contributed by atoms with Crippen molar-refractivity contribution in [2.45, 2.75) is 56.5 Å². The van der Waals surface area contributed by atoms with Gasteiger partial charge in [0, 0.05) is 18.6 Å². The summed E-state index contributed by atoms with van der Waals surface area (Å²) in [5.41, 5.74) is 0. The zero-order valence-corrected chi connectivity index (χ0v) is 8.50. The molecule has 2 heterocycles.